The summed E-state index contributed by atoms with van der Waals surface area (Å²) in [6.45, 7) is 0. The fraction of sp³-hybridized carbons (Fsp3) is 0. The Morgan fingerprint density at radius 2 is 2.23 bits per heavy atom. The minimum atomic E-state index is 1.04. The summed E-state index contributed by atoms with van der Waals surface area (Å²) >= 11 is 4.42. The standard InChI is InChI=1S/C7H5I2N4/c8-6-3-11-4-12(6)7-1-2-10-5-13(7)9/h1-5H/q+1. The fourth-order valence-corrected chi connectivity index (χ4v) is 2.04. The molecule has 0 fully saturated rings. The predicted molar refractivity (Wildman–Crippen MR) is 63.7 cm³/mol. The van der Waals surface area contributed by atoms with Gasteiger partial charge in [-0.1, -0.05) is 0 Å². The van der Waals surface area contributed by atoms with Crippen LogP contribution in [-0.2, 0) is 0 Å². The third-order valence-electron chi connectivity index (χ3n) is 1.54. The first-order valence-electron chi connectivity index (χ1n) is 3.49. The van der Waals surface area contributed by atoms with Crippen molar-refractivity contribution in [3.05, 3.63) is 34.8 Å². The lowest BCUT2D eigenvalue weighted by molar-refractivity contribution is -0.439. The molecule has 0 bridgehead atoms. The van der Waals surface area contributed by atoms with E-state index in [0.29, 0.717) is 0 Å². The van der Waals surface area contributed by atoms with Gasteiger partial charge < -0.3 is 0 Å². The lowest BCUT2D eigenvalue weighted by atomic mass is 10.6. The highest BCUT2D eigenvalue weighted by molar-refractivity contribution is 14.1. The zero-order chi connectivity index (χ0) is 9.26. The lowest BCUT2D eigenvalue weighted by Gasteiger charge is -1.98. The molecule has 2 heterocycles. The number of rotatable bonds is 1. The van der Waals surface area contributed by atoms with Gasteiger partial charge in [0.05, 0.1) is 6.20 Å². The summed E-state index contributed by atoms with van der Waals surface area (Å²) in [6.07, 6.45) is 7.12. The lowest BCUT2D eigenvalue weighted by Crippen LogP contribution is -2.26. The van der Waals surface area contributed by atoms with E-state index < -0.39 is 0 Å². The molecule has 0 radical (unpaired) electrons. The Labute approximate surface area is 103 Å². The van der Waals surface area contributed by atoms with Crippen molar-refractivity contribution in [1.82, 2.24) is 14.5 Å². The summed E-state index contributed by atoms with van der Waals surface area (Å²) in [7, 11) is 0. The van der Waals surface area contributed by atoms with Gasteiger partial charge >= 0.3 is 0 Å². The van der Waals surface area contributed by atoms with Crippen LogP contribution in [0.5, 0.6) is 0 Å². The molecule has 0 aliphatic carbocycles. The van der Waals surface area contributed by atoms with Gasteiger partial charge in [0, 0.05) is 6.07 Å². The maximum atomic E-state index is 4.06. The second-order valence-electron chi connectivity index (χ2n) is 2.34. The molecule has 6 heteroatoms. The minimum Gasteiger partial charge on any atom is -0.227 e. The summed E-state index contributed by atoms with van der Waals surface area (Å²) in [6, 6.07) is 1.94. The van der Waals surface area contributed by atoms with Crippen molar-refractivity contribution in [2.24, 2.45) is 0 Å². The average Bonchev–Trinajstić information content (AvgIpc) is 2.52. The summed E-state index contributed by atoms with van der Waals surface area (Å²) in [4.78, 5) is 8.06. The summed E-state index contributed by atoms with van der Waals surface area (Å²) < 4.78 is 4.99. The Bertz CT molecular complexity index is 426. The zero-order valence-corrected chi connectivity index (χ0v) is 10.7. The van der Waals surface area contributed by atoms with Crippen LogP contribution in [-0.4, -0.2) is 14.5 Å². The van der Waals surface area contributed by atoms with Crippen molar-refractivity contribution in [1.29, 1.82) is 0 Å². The van der Waals surface area contributed by atoms with Gasteiger partial charge in [-0.3, -0.25) is 0 Å². The summed E-state index contributed by atoms with van der Waals surface area (Å²) in [5.74, 6) is 1.04. The molecule has 0 atom stereocenters. The Hall–Kier alpha value is -0.250. The molecule has 0 aliphatic heterocycles. The van der Waals surface area contributed by atoms with Crippen LogP contribution in [0.2, 0.25) is 0 Å². The third kappa shape index (κ3) is 1.82. The van der Waals surface area contributed by atoms with Gasteiger partial charge in [-0.05, 0) is 22.6 Å². The maximum absolute atomic E-state index is 4.06. The normalized spacial score (nSPS) is 10.3. The monoisotopic (exact) mass is 399 g/mol. The van der Waals surface area contributed by atoms with E-state index in [0.717, 1.165) is 9.52 Å². The second kappa shape index (κ2) is 3.86. The topological polar surface area (TPSA) is 34.6 Å². The molecule has 0 aromatic carbocycles. The first-order chi connectivity index (χ1) is 6.29. The number of nitrogens with zero attached hydrogens (tertiary/aromatic N) is 4. The Morgan fingerprint density at radius 3 is 2.85 bits per heavy atom. The Balaban J connectivity index is 2.59. The summed E-state index contributed by atoms with van der Waals surface area (Å²) in [5, 5.41) is 0. The van der Waals surface area contributed by atoms with Crippen LogP contribution in [0.15, 0.2) is 31.1 Å². The van der Waals surface area contributed by atoms with E-state index in [9.17, 15) is 0 Å². The molecular weight excluding hydrogens is 394 g/mol. The van der Waals surface area contributed by atoms with Crippen molar-refractivity contribution < 1.29 is 2.78 Å². The van der Waals surface area contributed by atoms with Crippen molar-refractivity contribution >= 4 is 45.5 Å². The molecular formula is C7H5I2N4+. The SMILES string of the molecule is Ic1cncn1-c1ccnc[n+]1I. The predicted octanol–water partition coefficient (Wildman–Crippen LogP) is 1.36. The minimum absolute atomic E-state index is 1.04. The van der Waals surface area contributed by atoms with Crippen molar-refractivity contribution in [2.45, 2.75) is 0 Å². The number of imidazole rings is 1. The molecule has 0 spiro atoms. The van der Waals surface area contributed by atoms with Crippen LogP contribution >= 0.6 is 45.5 Å². The van der Waals surface area contributed by atoms with Gasteiger partial charge in [0.25, 0.3) is 0 Å². The van der Waals surface area contributed by atoms with Gasteiger partial charge in [0.2, 0.25) is 12.1 Å². The molecule has 4 nitrogen and oxygen atoms in total. The summed E-state index contributed by atoms with van der Waals surface area (Å²) in [5.41, 5.74) is 0. The van der Waals surface area contributed by atoms with Gasteiger partial charge in [-0.2, -0.15) is 2.78 Å². The molecule has 2 aromatic rings. The fourth-order valence-electron chi connectivity index (χ4n) is 0.968. The van der Waals surface area contributed by atoms with Crippen LogP contribution in [0.1, 0.15) is 0 Å². The zero-order valence-electron chi connectivity index (χ0n) is 6.43. The highest BCUT2D eigenvalue weighted by Gasteiger charge is 2.10. The molecule has 66 valence electrons. The first kappa shape index (κ1) is 9.31. The van der Waals surface area contributed by atoms with Crippen molar-refractivity contribution in [3.8, 4) is 5.82 Å². The molecule has 0 N–H and O–H groups in total. The van der Waals surface area contributed by atoms with E-state index in [4.69, 9.17) is 0 Å². The molecule has 2 rings (SSSR count). The molecule has 0 saturated heterocycles. The van der Waals surface area contributed by atoms with Crippen LogP contribution < -0.4 is 2.78 Å². The Kier molecular flexibility index (Phi) is 2.77. The van der Waals surface area contributed by atoms with Crippen LogP contribution in [0.25, 0.3) is 5.82 Å². The number of hydrogen-bond donors (Lipinski definition) is 0. The van der Waals surface area contributed by atoms with Crippen LogP contribution in [0.4, 0.5) is 0 Å². The molecule has 0 saturated carbocycles. The highest BCUT2D eigenvalue weighted by atomic mass is 127. The molecule has 0 amide bonds. The van der Waals surface area contributed by atoms with Gasteiger partial charge in [0.1, 0.15) is 6.20 Å². The van der Waals surface area contributed by atoms with Gasteiger partial charge in [-0.25, -0.2) is 9.55 Å². The van der Waals surface area contributed by atoms with E-state index in [-0.39, 0.29) is 0 Å². The first-order valence-corrected chi connectivity index (χ1v) is 5.53. The van der Waals surface area contributed by atoms with Crippen molar-refractivity contribution in [3.63, 3.8) is 0 Å². The van der Waals surface area contributed by atoms with E-state index in [1.807, 2.05) is 19.6 Å². The van der Waals surface area contributed by atoms with E-state index in [1.165, 1.54) is 0 Å². The number of hydrogen-bond acceptors (Lipinski definition) is 2. The highest BCUT2D eigenvalue weighted by Crippen LogP contribution is 2.08. The smallest absolute Gasteiger partial charge is 0.227 e. The average molecular weight is 399 g/mol. The van der Waals surface area contributed by atoms with Gasteiger partial charge in [0.15, 0.2) is 32.9 Å². The molecule has 0 aliphatic rings. The third-order valence-corrected chi connectivity index (χ3v) is 3.08. The molecule has 2 aromatic heterocycles. The van der Waals surface area contributed by atoms with Crippen molar-refractivity contribution in [2.75, 3.05) is 0 Å². The number of aromatic nitrogens is 4. The van der Waals surface area contributed by atoms with Crippen LogP contribution in [0, 0.1) is 3.70 Å². The maximum Gasteiger partial charge on any atom is 0.246 e. The molecule has 0 unspecified atom stereocenters. The van der Waals surface area contributed by atoms with Crippen LogP contribution in [0.3, 0.4) is 0 Å². The Morgan fingerprint density at radius 1 is 1.38 bits per heavy atom. The van der Waals surface area contributed by atoms with E-state index >= 15 is 0 Å². The van der Waals surface area contributed by atoms with E-state index in [2.05, 4.69) is 55.4 Å². The molecule has 13 heavy (non-hydrogen) atoms. The van der Waals surface area contributed by atoms with Gasteiger partial charge in [-0.15, -0.1) is 4.98 Å². The number of halogens is 2. The largest absolute Gasteiger partial charge is 0.246 e. The quantitative estimate of drug-likeness (QED) is 0.680. The van der Waals surface area contributed by atoms with E-state index in [1.54, 1.807) is 18.9 Å². The second-order valence-corrected chi connectivity index (χ2v) is 4.48.